The number of aryl methyl sites for hydroxylation is 1. The van der Waals surface area contributed by atoms with Gasteiger partial charge in [-0.05, 0) is 13.0 Å². The second-order valence-corrected chi connectivity index (χ2v) is 4.27. The molecule has 0 aliphatic carbocycles. The molecule has 0 amide bonds. The minimum absolute atomic E-state index is 0.400. The van der Waals surface area contributed by atoms with Gasteiger partial charge in [0.1, 0.15) is 17.3 Å². The molecule has 14 heavy (non-hydrogen) atoms. The van der Waals surface area contributed by atoms with Gasteiger partial charge in [-0.3, -0.25) is 0 Å². The first kappa shape index (κ1) is 9.36. The molecule has 0 bridgehead atoms. The van der Waals surface area contributed by atoms with Crippen molar-refractivity contribution < 1.29 is 4.74 Å². The van der Waals surface area contributed by atoms with Crippen LogP contribution in [-0.4, -0.2) is 17.1 Å². The van der Waals surface area contributed by atoms with E-state index in [1.54, 1.807) is 18.4 Å². The van der Waals surface area contributed by atoms with Gasteiger partial charge in [0.05, 0.1) is 5.39 Å². The number of nitrogen functional groups attached to an aromatic ring is 1. The Labute approximate surface area is 85.7 Å². The van der Waals surface area contributed by atoms with Gasteiger partial charge in [-0.1, -0.05) is 0 Å². The standard InChI is InChI=1S/C9H11N3OS/c1-5-3-6-8(10)11-7(4-13-2)12-9(6)14-5/h3H,4H2,1-2H3,(H2,10,11,12). The highest BCUT2D eigenvalue weighted by molar-refractivity contribution is 7.18. The van der Waals surface area contributed by atoms with Crippen LogP contribution >= 0.6 is 11.3 Å². The molecule has 0 aromatic carbocycles. The van der Waals surface area contributed by atoms with E-state index in [0.717, 1.165) is 10.2 Å². The van der Waals surface area contributed by atoms with Gasteiger partial charge in [-0.15, -0.1) is 11.3 Å². The van der Waals surface area contributed by atoms with Crippen LogP contribution in [0.15, 0.2) is 6.07 Å². The largest absolute Gasteiger partial charge is 0.383 e. The maximum atomic E-state index is 5.80. The van der Waals surface area contributed by atoms with Gasteiger partial charge in [-0.2, -0.15) is 0 Å². The Bertz CT molecular complexity index is 466. The van der Waals surface area contributed by atoms with Crippen LogP contribution in [0.3, 0.4) is 0 Å². The number of hydrogen-bond acceptors (Lipinski definition) is 5. The number of fused-ring (bicyclic) bond motifs is 1. The topological polar surface area (TPSA) is 61.0 Å². The zero-order valence-corrected chi connectivity index (χ0v) is 8.89. The summed E-state index contributed by atoms with van der Waals surface area (Å²) in [5.41, 5.74) is 5.80. The van der Waals surface area contributed by atoms with Gasteiger partial charge >= 0.3 is 0 Å². The van der Waals surface area contributed by atoms with Crippen LogP contribution < -0.4 is 5.73 Å². The van der Waals surface area contributed by atoms with Crippen molar-refractivity contribution in [3.8, 4) is 0 Å². The first-order valence-electron chi connectivity index (χ1n) is 4.22. The van der Waals surface area contributed by atoms with Crippen molar-refractivity contribution in [2.24, 2.45) is 0 Å². The van der Waals surface area contributed by atoms with Crippen molar-refractivity contribution >= 4 is 27.4 Å². The Morgan fingerprint density at radius 3 is 3.00 bits per heavy atom. The van der Waals surface area contributed by atoms with Gasteiger partial charge in [0.15, 0.2) is 5.82 Å². The van der Waals surface area contributed by atoms with Crippen molar-refractivity contribution in [3.63, 3.8) is 0 Å². The predicted molar refractivity (Wildman–Crippen MR) is 57.3 cm³/mol. The summed E-state index contributed by atoms with van der Waals surface area (Å²) in [6, 6.07) is 2.01. The fourth-order valence-corrected chi connectivity index (χ4v) is 2.21. The molecule has 2 aromatic heterocycles. The van der Waals surface area contributed by atoms with Crippen LogP contribution in [0.25, 0.3) is 10.2 Å². The highest BCUT2D eigenvalue weighted by Crippen LogP contribution is 2.26. The Morgan fingerprint density at radius 1 is 1.50 bits per heavy atom. The van der Waals surface area contributed by atoms with Crippen molar-refractivity contribution in [3.05, 3.63) is 16.8 Å². The number of thiophene rings is 1. The molecule has 5 heteroatoms. The summed E-state index contributed by atoms with van der Waals surface area (Å²) in [6.07, 6.45) is 0. The second-order valence-electron chi connectivity index (χ2n) is 3.03. The van der Waals surface area contributed by atoms with E-state index < -0.39 is 0 Å². The average Bonchev–Trinajstić information content (AvgIpc) is 2.47. The smallest absolute Gasteiger partial charge is 0.158 e. The maximum Gasteiger partial charge on any atom is 0.158 e. The summed E-state index contributed by atoms with van der Waals surface area (Å²) in [5.74, 6) is 1.17. The molecule has 0 saturated heterocycles. The maximum absolute atomic E-state index is 5.80. The van der Waals surface area contributed by atoms with Crippen molar-refractivity contribution in [1.82, 2.24) is 9.97 Å². The first-order chi connectivity index (χ1) is 6.70. The Balaban J connectivity index is 2.59. The summed E-state index contributed by atoms with van der Waals surface area (Å²) in [5, 5.41) is 0.937. The molecule has 0 radical (unpaired) electrons. The minimum atomic E-state index is 0.400. The lowest BCUT2D eigenvalue weighted by Crippen LogP contribution is -2.00. The van der Waals surface area contributed by atoms with Crippen molar-refractivity contribution in [2.75, 3.05) is 12.8 Å². The zero-order chi connectivity index (χ0) is 10.1. The summed E-state index contributed by atoms with van der Waals surface area (Å²) in [7, 11) is 1.61. The van der Waals surface area contributed by atoms with E-state index in [1.165, 1.54) is 4.88 Å². The summed E-state index contributed by atoms with van der Waals surface area (Å²) >= 11 is 1.62. The molecular formula is C9H11N3OS. The van der Waals surface area contributed by atoms with Crippen LogP contribution in [0.5, 0.6) is 0 Å². The molecule has 0 unspecified atom stereocenters. The lowest BCUT2D eigenvalue weighted by Gasteiger charge is -2.00. The number of aromatic nitrogens is 2. The number of ether oxygens (including phenoxy) is 1. The molecule has 0 aliphatic rings. The van der Waals surface area contributed by atoms with Gasteiger partial charge in [-0.25, -0.2) is 9.97 Å². The lowest BCUT2D eigenvalue weighted by molar-refractivity contribution is 0.178. The summed E-state index contributed by atoms with van der Waals surface area (Å²) in [4.78, 5) is 10.6. The van der Waals surface area contributed by atoms with Crippen molar-refractivity contribution in [1.29, 1.82) is 0 Å². The average molecular weight is 209 g/mol. The SMILES string of the molecule is COCc1nc(N)c2cc(C)sc2n1. The van der Waals surface area contributed by atoms with Gasteiger partial charge < -0.3 is 10.5 Å². The third kappa shape index (κ3) is 1.56. The number of nitrogens with two attached hydrogens (primary N) is 1. The van der Waals surface area contributed by atoms with E-state index in [9.17, 15) is 0 Å². The quantitative estimate of drug-likeness (QED) is 0.818. The highest BCUT2D eigenvalue weighted by Gasteiger charge is 2.07. The lowest BCUT2D eigenvalue weighted by atomic mass is 10.3. The molecule has 74 valence electrons. The molecule has 0 atom stereocenters. The molecule has 2 aromatic rings. The zero-order valence-electron chi connectivity index (χ0n) is 8.07. The van der Waals surface area contributed by atoms with E-state index in [1.807, 2.05) is 13.0 Å². The summed E-state index contributed by atoms with van der Waals surface area (Å²) in [6.45, 7) is 2.43. The van der Waals surface area contributed by atoms with Gasteiger partial charge in [0.2, 0.25) is 0 Å². The molecule has 0 saturated carbocycles. The van der Waals surface area contributed by atoms with Gasteiger partial charge in [0.25, 0.3) is 0 Å². The van der Waals surface area contributed by atoms with E-state index in [0.29, 0.717) is 18.2 Å². The molecule has 2 N–H and O–H groups in total. The second kappa shape index (κ2) is 3.51. The molecule has 0 fully saturated rings. The molecule has 2 heterocycles. The fourth-order valence-electron chi connectivity index (χ4n) is 1.30. The van der Waals surface area contributed by atoms with Crippen LogP contribution in [0.4, 0.5) is 5.82 Å². The first-order valence-corrected chi connectivity index (χ1v) is 5.04. The van der Waals surface area contributed by atoms with E-state index in [-0.39, 0.29) is 0 Å². The Hall–Kier alpha value is -1.20. The molecule has 2 rings (SSSR count). The molecule has 0 aliphatic heterocycles. The number of anilines is 1. The van der Waals surface area contributed by atoms with Crippen LogP contribution in [0, 0.1) is 6.92 Å². The minimum Gasteiger partial charge on any atom is -0.383 e. The number of hydrogen-bond donors (Lipinski definition) is 1. The number of nitrogens with zero attached hydrogens (tertiary/aromatic N) is 2. The van der Waals surface area contributed by atoms with Crippen LogP contribution in [0.2, 0.25) is 0 Å². The Morgan fingerprint density at radius 2 is 2.29 bits per heavy atom. The molecular weight excluding hydrogens is 198 g/mol. The Kier molecular flexibility index (Phi) is 2.35. The fraction of sp³-hybridized carbons (Fsp3) is 0.333. The van der Waals surface area contributed by atoms with Crippen LogP contribution in [-0.2, 0) is 11.3 Å². The van der Waals surface area contributed by atoms with Gasteiger partial charge in [0, 0.05) is 12.0 Å². The molecule has 4 nitrogen and oxygen atoms in total. The highest BCUT2D eigenvalue weighted by atomic mass is 32.1. The third-order valence-corrected chi connectivity index (χ3v) is 2.81. The van der Waals surface area contributed by atoms with Crippen molar-refractivity contribution in [2.45, 2.75) is 13.5 Å². The third-order valence-electron chi connectivity index (χ3n) is 1.87. The predicted octanol–water partition coefficient (Wildman–Crippen LogP) is 1.73. The normalized spacial score (nSPS) is 11.0. The summed E-state index contributed by atoms with van der Waals surface area (Å²) < 4.78 is 4.96. The van der Waals surface area contributed by atoms with E-state index in [4.69, 9.17) is 10.5 Å². The van der Waals surface area contributed by atoms with E-state index in [2.05, 4.69) is 9.97 Å². The van der Waals surface area contributed by atoms with E-state index >= 15 is 0 Å². The number of rotatable bonds is 2. The molecule has 0 spiro atoms. The monoisotopic (exact) mass is 209 g/mol. The van der Waals surface area contributed by atoms with Crippen LogP contribution in [0.1, 0.15) is 10.7 Å². The number of methoxy groups -OCH3 is 1.